The van der Waals surface area contributed by atoms with Crippen LogP contribution in [0.1, 0.15) is 20.8 Å². The summed E-state index contributed by atoms with van der Waals surface area (Å²) in [4.78, 5) is 11.6. The third kappa shape index (κ3) is 5.48. The van der Waals surface area contributed by atoms with Crippen molar-refractivity contribution in [2.24, 2.45) is 5.14 Å². The zero-order chi connectivity index (χ0) is 15.6. The normalized spacial score (nSPS) is 12.1. The maximum atomic E-state index is 11.6. The van der Waals surface area contributed by atoms with Crippen molar-refractivity contribution >= 4 is 31.9 Å². The summed E-state index contributed by atoms with van der Waals surface area (Å²) < 4.78 is 28.1. The van der Waals surface area contributed by atoms with Crippen molar-refractivity contribution in [2.75, 3.05) is 6.61 Å². The molecular formula is C12H17BrN2O4S. The van der Waals surface area contributed by atoms with E-state index in [0.29, 0.717) is 10.2 Å². The summed E-state index contributed by atoms with van der Waals surface area (Å²) in [6.07, 6.45) is 0. The van der Waals surface area contributed by atoms with E-state index in [0.717, 1.165) is 0 Å². The number of nitrogens with two attached hydrogens (primary N) is 1. The molecule has 0 fully saturated rings. The molecule has 8 heteroatoms. The van der Waals surface area contributed by atoms with Crippen molar-refractivity contribution in [1.82, 2.24) is 5.32 Å². The maximum Gasteiger partial charge on any atom is 0.258 e. The van der Waals surface area contributed by atoms with E-state index < -0.39 is 10.0 Å². The minimum Gasteiger partial charge on any atom is -0.483 e. The van der Waals surface area contributed by atoms with Gasteiger partial charge in [0.05, 0.1) is 9.37 Å². The first kappa shape index (κ1) is 16.9. The lowest BCUT2D eigenvalue weighted by molar-refractivity contribution is -0.124. The second-order valence-corrected chi connectivity index (χ2v) is 7.64. The molecule has 20 heavy (non-hydrogen) atoms. The molecule has 0 radical (unpaired) electrons. The van der Waals surface area contributed by atoms with E-state index in [1.165, 1.54) is 18.2 Å². The lowest BCUT2D eigenvalue weighted by Crippen LogP contribution is -2.43. The van der Waals surface area contributed by atoms with Crippen LogP contribution in [0.25, 0.3) is 0 Å². The third-order valence-electron chi connectivity index (χ3n) is 2.11. The Morgan fingerprint density at radius 3 is 2.45 bits per heavy atom. The Morgan fingerprint density at radius 2 is 2.00 bits per heavy atom. The summed E-state index contributed by atoms with van der Waals surface area (Å²) >= 11 is 3.17. The Labute approximate surface area is 126 Å². The van der Waals surface area contributed by atoms with Gasteiger partial charge in [0.25, 0.3) is 5.91 Å². The molecule has 0 aliphatic carbocycles. The van der Waals surface area contributed by atoms with Crippen LogP contribution in [-0.2, 0) is 14.8 Å². The topological polar surface area (TPSA) is 98.5 Å². The van der Waals surface area contributed by atoms with Crippen LogP contribution in [0.15, 0.2) is 27.6 Å². The lowest BCUT2D eigenvalue weighted by atomic mass is 10.1. The van der Waals surface area contributed by atoms with Crippen molar-refractivity contribution in [3.63, 3.8) is 0 Å². The summed E-state index contributed by atoms with van der Waals surface area (Å²) in [5, 5.41) is 7.76. The molecule has 0 saturated heterocycles. The van der Waals surface area contributed by atoms with Gasteiger partial charge in [-0.05, 0) is 54.9 Å². The van der Waals surface area contributed by atoms with Crippen LogP contribution >= 0.6 is 15.9 Å². The van der Waals surface area contributed by atoms with Gasteiger partial charge in [-0.3, -0.25) is 4.79 Å². The highest BCUT2D eigenvalue weighted by Gasteiger charge is 2.15. The number of amides is 1. The fourth-order valence-electron chi connectivity index (χ4n) is 1.37. The molecule has 3 N–H and O–H groups in total. The number of hydrogen-bond acceptors (Lipinski definition) is 4. The number of benzene rings is 1. The van der Waals surface area contributed by atoms with E-state index in [1.807, 2.05) is 20.8 Å². The second-order valence-electron chi connectivity index (χ2n) is 5.22. The Bertz CT molecular complexity index is 608. The molecule has 1 aromatic carbocycles. The van der Waals surface area contributed by atoms with Crippen molar-refractivity contribution < 1.29 is 17.9 Å². The third-order valence-corrected chi connectivity index (χ3v) is 3.64. The van der Waals surface area contributed by atoms with Crippen LogP contribution in [0.5, 0.6) is 5.75 Å². The first-order chi connectivity index (χ1) is 8.99. The minimum atomic E-state index is -3.76. The van der Waals surface area contributed by atoms with Crippen LogP contribution < -0.4 is 15.2 Å². The fraction of sp³-hybridized carbons (Fsp3) is 0.417. The largest absolute Gasteiger partial charge is 0.483 e. The van der Waals surface area contributed by atoms with Crippen LogP contribution in [-0.4, -0.2) is 26.5 Å². The van der Waals surface area contributed by atoms with E-state index in [-0.39, 0.29) is 22.9 Å². The standard InChI is InChI=1S/C12H17BrN2O4S/c1-12(2,3)15-11(16)7-19-10-5-4-8(6-9(10)13)20(14,17)18/h4-6H,7H2,1-3H3,(H,15,16)(H2,14,17,18). The van der Waals surface area contributed by atoms with Crippen LogP contribution in [0.3, 0.4) is 0 Å². The quantitative estimate of drug-likeness (QED) is 0.842. The summed E-state index contributed by atoms with van der Waals surface area (Å²) in [5.74, 6) is 0.0985. The Hall–Kier alpha value is -1.12. The lowest BCUT2D eigenvalue weighted by Gasteiger charge is -2.20. The number of ether oxygens (including phenoxy) is 1. The SMILES string of the molecule is CC(C)(C)NC(=O)COc1ccc(S(N)(=O)=O)cc1Br. The number of primary sulfonamides is 1. The first-order valence-corrected chi connectivity index (χ1v) is 8.09. The monoisotopic (exact) mass is 364 g/mol. The van der Waals surface area contributed by atoms with E-state index in [9.17, 15) is 13.2 Å². The summed E-state index contributed by atoms with van der Waals surface area (Å²) in [7, 11) is -3.76. The molecule has 0 aromatic heterocycles. The molecule has 1 rings (SSSR count). The molecule has 6 nitrogen and oxygen atoms in total. The molecule has 0 saturated carbocycles. The van der Waals surface area contributed by atoms with Gasteiger partial charge in [0.1, 0.15) is 5.75 Å². The number of nitrogens with one attached hydrogen (secondary N) is 1. The van der Waals surface area contributed by atoms with E-state index >= 15 is 0 Å². The highest BCUT2D eigenvalue weighted by Crippen LogP contribution is 2.27. The average molecular weight is 365 g/mol. The molecule has 0 unspecified atom stereocenters. The summed E-state index contributed by atoms with van der Waals surface area (Å²) in [6.45, 7) is 5.43. The van der Waals surface area contributed by atoms with Crippen molar-refractivity contribution in [3.05, 3.63) is 22.7 Å². The molecule has 1 amide bonds. The van der Waals surface area contributed by atoms with Gasteiger partial charge in [-0.15, -0.1) is 0 Å². The molecule has 112 valence electrons. The summed E-state index contributed by atoms with van der Waals surface area (Å²) in [5.41, 5.74) is -0.338. The molecule has 0 aliphatic heterocycles. The van der Waals surface area contributed by atoms with Crippen molar-refractivity contribution in [1.29, 1.82) is 0 Å². The van der Waals surface area contributed by atoms with Crippen LogP contribution in [0.2, 0.25) is 0 Å². The Morgan fingerprint density at radius 1 is 1.40 bits per heavy atom. The van der Waals surface area contributed by atoms with Crippen LogP contribution in [0, 0.1) is 0 Å². The van der Waals surface area contributed by atoms with Gasteiger partial charge in [-0.1, -0.05) is 0 Å². The van der Waals surface area contributed by atoms with Crippen molar-refractivity contribution in [2.45, 2.75) is 31.2 Å². The van der Waals surface area contributed by atoms with Gasteiger partial charge in [0.15, 0.2) is 6.61 Å². The number of carbonyl (C=O) groups excluding carboxylic acids is 1. The van der Waals surface area contributed by atoms with Gasteiger partial charge in [-0.2, -0.15) is 0 Å². The predicted molar refractivity (Wildman–Crippen MR) is 78.9 cm³/mol. The summed E-state index contributed by atoms with van der Waals surface area (Å²) in [6, 6.07) is 4.08. The van der Waals surface area contributed by atoms with Gasteiger partial charge < -0.3 is 10.1 Å². The average Bonchev–Trinajstić information content (AvgIpc) is 2.23. The van der Waals surface area contributed by atoms with E-state index in [4.69, 9.17) is 9.88 Å². The van der Waals surface area contributed by atoms with E-state index in [2.05, 4.69) is 21.2 Å². The molecule has 0 heterocycles. The van der Waals surface area contributed by atoms with E-state index in [1.54, 1.807) is 0 Å². The smallest absolute Gasteiger partial charge is 0.258 e. The Kier molecular flexibility index (Phi) is 5.17. The molecule has 0 aliphatic rings. The molecular weight excluding hydrogens is 348 g/mol. The zero-order valence-electron chi connectivity index (χ0n) is 11.4. The minimum absolute atomic E-state index is 0.0316. The van der Waals surface area contributed by atoms with Gasteiger partial charge >= 0.3 is 0 Å². The number of carbonyl (C=O) groups is 1. The zero-order valence-corrected chi connectivity index (χ0v) is 13.8. The molecule has 0 bridgehead atoms. The van der Waals surface area contributed by atoms with Crippen molar-refractivity contribution in [3.8, 4) is 5.75 Å². The molecule has 0 spiro atoms. The highest BCUT2D eigenvalue weighted by atomic mass is 79.9. The number of sulfonamides is 1. The maximum absolute atomic E-state index is 11.6. The first-order valence-electron chi connectivity index (χ1n) is 5.75. The number of halogens is 1. The van der Waals surface area contributed by atoms with Gasteiger partial charge in [0.2, 0.25) is 10.0 Å². The highest BCUT2D eigenvalue weighted by molar-refractivity contribution is 9.10. The second kappa shape index (κ2) is 6.11. The number of rotatable bonds is 4. The predicted octanol–water partition coefficient (Wildman–Crippen LogP) is 1.39. The molecule has 0 atom stereocenters. The number of hydrogen-bond donors (Lipinski definition) is 2. The Balaban J connectivity index is 2.73. The van der Waals surface area contributed by atoms with Gasteiger partial charge in [-0.25, -0.2) is 13.6 Å². The van der Waals surface area contributed by atoms with Gasteiger partial charge in [0, 0.05) is 5.54 Å². The molecule has 1 aromatic rings. The fourth-order valence-corrected chi connectivity index (χ4v) is 2.56. The van der Waals surface area contributed by atoms with Crippen LogP contribution in [0.4, 0.5) is 0 Å².